The normalized spacial score (nSPS) is 12.5. The van der Waals surface area contributed by atoms with E-state index in [9.17, 15) is 4.79 Å². The summed E-state index contributed by atoms with van der Waals surface area (Å²) in [7, 11) is 1.54. The molecule has 0 aliphatic heterocycles. The number of para-hydroxylation sites is 1. The number of ether oxygens (including phenoxy) is 1. The molecule has 0 bridgehead atoms. The van der Waals surface area contributed by atoms with Crippen molar-refractivity contribution in [1.82, 2.24) is 4.98 Å². The molecule has 0 amide bonds. The topological polar surface area (TPSA) is 65.2 Å². The Morgan fingerprint density at radius 2 is 2.16 bits per heavy atom. The monoisotopic (exact) mass is 258 g/mol. The number of ketones is 1. The number of carbonyl (C=O) groups is 1. The molecule has 1 atom stereocenters. The van der Waals surface area contributed by atoms with Crippen LogP contribution in [-0.4, -0.2) is 30.5 Å². The lowest BCUT2D eigenvalue weighted by Gasteiger charge is -2.10. The Kier molecular flexibility index (Phi) is 4.60. The fourth-order valence-electron chi connectivity index (χ4n) is 2.08. The summed E-state index contributed by atoms with van der Waals surface area (Å²) in [6.07, 6.45) is 2.84. The average Bonchev–Trinajstić information content (AvgIpc) is 2.45. The van der Waals surface area contributed by atoms with Crippen LogP contribution in [-0.2, 0) is 16.0 Å². The van der Waals surface area contributed by atoms with Gasteiger partial charge in [0, 0.05) is 25.1 Å². The van der Waals surface area contributed by atoms with Gasteiger partial charge >= 0.3 is 0 Å². The van der Waals surface area contributed by atoms with E-state index in [4.69, 9.17) is 10.5 Å². The van der Waals surface area contributed by atoms with Gasteiger partial charge in [-0.3, -0.25) is 9.78 Å². The Hall–Kier alpha value is -1.78. The summed E-state index contributed by atoms with van der Waals surface area (Å²) in [5, 5.41) is 1.09. The van der Waals surface area contributed by atoms with Crippen molar-refractivity contribution in [2.45, 2.75) is 18.9 Å². The number of nitrogens with two attached hydrogens (primary N) is 1. The average molecular weight is 258 g/mol. The van der Waals surface area contributed by atoms with Crippen molar-refractivity contribution in [2.75, 3.05) is 13.7 Å². The third kappa shape index (κ3) is 3.36. The van der Waals surface area contributed by atoms with Crippen LogP contribution in [0.4, 0.5) is 0 Å². The Balaban J connectivity index is 2.08. The zero-order valence-electron chi connectivity index (χ0n) is 11.0. The maximum absolute atomic E-state index is 11.8. The number of nitrogens with zero attached hydrogens (tertiary/aromatic N) is 1. The molecule has 0 radical (unpaired) electrons. The molecule has 0 unspecified atom stereocenters. The van der Waals surface area contributed by atoms with Crippen molar-refractivity contribution in [3.63, 3.8) is 0 Å². The number of Topliss-reactive ketones (excluding diaryl/α,β-unsaturated/α-hetero) is 1. The van der Waals surface area contributed by atoms with E-state index in [-0.39, 0.29) is 12.4 Å². The number of benzene rings is 1. The second-order valence-electron chi connectivity index (χ2n) is 4.52. The van der Waals surface area contributed by atoms with Gasteiger partial charge in [0.15, 0.2) is 5.78 Å². The van der Waals surface area contributed by atoms with Crippen LogP contribution in [0.2, 0.25) is 0 Å². The Bertz CT molecular complexity index is 564. The van der Waals surface area contributed by atoms with Crippen LogP contribution in [0.5, 0.6) is 0 Å². The first-order valence-electron chi connectivity index (χ1n) is 6.32. The number of hydrogen-bond acceptors (Lipinski definition) is 4. The van der Waals surface area contributed by atoms with E-state index in [0.29, 0.717) is 12.8 Å². The summed E-state index contributed by atoms with van der Waals surface area (Å²) < 4.78 is 4.89. The van der Waals surface area contributed by atoms with Gasteiger partial charge in [-0.05, 0) is 18.1 Å². The molecule has 1 aromatic heterocycles. The minimum atomic E-state index is -0.534. The molecule has 0 aliphatic carbocycles. The molecular formula is C15H18N2O2. The van der Waals surface area contributed by atoms with Crippen LogP contribution >= 0.6 is 0 Å². The molecule has 0 fully saturated rings. The van der Waals surface area contributed by atoms with E-state index >= 15 is 0 Å². The number of fused-ring (bicyclic) bond motifs is 1. The first kappa shape index (κ1) is 13.6. The van der Waals surface area contributed by atoms with Crippen LogP contribution in [0.1, 0.15) is 12.0 Å². The number of aryl methyl sites for hydroxylation is 1. The fourth-order valence-corrected chi connectivity index (χ4v) is 2.08. The molecule has 0 saturated heterocycles. The second kappa shape index (κ2) is 6.41. The summed E-state index contributed by atoms with van der Waals surface area (Å²) >= 11 is 0. The molecule has 4 heteroatoms. The van der Waals surface area contributed by atoms with Gasteiger partial charge in [-0.2, -0.15) is 0 Å². The van der Waals surface area contributed by atoms with E-state index in [0.717, 1.165) is 16.5 Å². The largest absolute Gasteiger partial charge is 0.383 e. The molecule has 19 heavy (non-hydrogen) atoms. The predicted molar refractivity (Wildman–Crippen MR) is 74.9 cm³/mol. The van der Waals surface area contributed by atoms with Crippen LogP contribution in [0.25, 0.3) is 10.9 Å². The van der Waals surface area contributed by atoms with E-state index < -0.39 is 6.04 Å². The van der Waals surface area contributed by atoms with E-state index in [1.54, 1.807) is 13.3 Å². The Morgan fingerprint density at radius 3 is 2.95 bits per heavy atom. The summed E-state index contributed by atoms with van der Waals surface area (Å²) in [6.45, 7) is 0.270. The molecule has 0 saturated carbocycles. The minimum absolute atomic E-state index is 0.0229. The van der Waals surface area contributed by atoms with Crippen molar-refractivity contribution in [1.29, 1.82) is 0 Å². The highest BCUT2D eigenvalue weighted by Crippen LogP contribution is 2.17. The number of aromatic nitrogens is 1. The number of pyridine rings is 1. The zero-order valence-corrected chi connectivity index (χ0v) is 11.0. The van der Waals surface area contributed by atoms with Gasteiger partial charge < -0.3 is 10.5 Å². The molecule has 1 aromatic carbocycles. The van der Waals surface area contributed by atoms with Gasteiger partial charge in [-0.25, -0.2) is 0 Å². The lowest BCUT2D eigenvalue weighted by Crippen LogP contribution is -2.34. The number of methoxy groups -OCH3 is 1. The van der Waals surface area contributed by atoms with Gasteiger partial charge in [-0.15, -0.1) is 0 Å². The van der Waals surface area contributed by atoms with Crippen LogP contribution in [0.15, 0.2) is 36.5 Å². The Labute approximate surface area is 112 Å². The first-order valence-corrected chi connectivity index (χ1v) is 6.32. The zero-order chi connectivity index (χ0) is 13.7. The molecular weight excluding hydrogens is 240 g/mol. The Morgan fingerprint density at radius 1 is 1.37 bits per heavy atom. The number of hydrogen-bond donors (Lipinski definition) is 1. The molecule has 0 spiro atoms. The van der Waals surface area contributed by atoms with Gasteiger partial charge in [0.25, 0.3) is 0 Å². The number of carbonyl (C=O) groups excluding carboxylic acids is 1. The highest BCUT2D eigenvalue weighted by Gasteiger charge is 2.13. The van der Waals surface area contributed by atoms with Crippen molar-refractivity contribution < 1.29 is 9.53 Å². The molecule has 100 valence electrons. The van der Waals surface area contributed by atoms with Gasteiger partial charge in [0.2, 0.25) is 0 Å². The first-order chi connectivity index (χ1) is 9.22. The SMILES string of the molecule is COC[C@H](N)C(=O)CCc1cccc2cccnc12. The van der Waals surface area contributed by atoms with Crippen molar-refractivity contribution in [3.05, 3.63) is 42.1 Å². The molecule has 2 rings (SSSR count). The minimum Gasteiger partial charge on any atom is -0.383 e. The second-order valence-corrected chi connectivity index (χ2v) is 4.52. The van der Waals surface area contributed by atoms with E-state index in [1.165, 1.54) is 0 Å². The lowest BCUT2D eigenvalue weighted by molar-refractivity contribution is -0.121. The third-order valence-electron chi connectivity index (χ3n) is 3.12. The predicted octanol–water partition coefficient (Wildman–Crippen LogP) is 1.71. The molecule has 2 aromatic rings. The van der Waals surface area contributed by atoms with Crippen molar-refractivity contribution in [2.24, 2.45) is 5.73 Å². The van der Waals surface area contributed by atoms with Gasteiger partial charge in [-0.1, -0.05) is 24.3 Å². The lowest BCUT2D eigenvalue weighted by atomic mass is 10.0. The van der Waals surface area contributed by atoms with Crippen molar-refractivity contribution in [3.8, 4) is 0 Å². The summed E-state index contributed by atoms with van der Waals surface area (Å²) in [5.41, 5.74) is 7.75. The highest BCUT2D eigenvalue weighted by atomic mass is 16.5. The maximum Gasteiger partial charge on any atom is 0.152 e. The fraction of sp³-hybridized carbons (Fsp3) is 0.333. The summed E-state index contributed by atoms with van der Waals surface area (Å²) in [4.78, 5) is 16.2. The van der Waals surface area contributed by atoms with Gasteiger partial charge in [0.1, 0.15) is 0 Å². The highest BCUT2D eigenvalue weighted by molar-refractivity contribution is 5.85. The molecule has 2 N–H and O–H groups in total. The summed E-state index contributed by atoms with van der Waals surface area (Å²) in [5.74, 6) is 0.0229. The van der Waals surface area contributed by atoms with Crippen LogP contribution in [0.3, 0.4) is 0 Å². The third-order valence-corrected chi connectivity index (χ3v) is 3.12. The smallest absolute Gasteiger partial charge is 0.152 e. The maximum atomic E-state index is 11.8. The van der Waals surface area contributed by atoms with E-state index in [2.05, 4.69) is 4.98 Å². The standard InChI is InChI=1S/C15H18N2O2/c1-19-10-13(16)14(18)8-7-12-5-2-4-11-6-3-9-17-15(11)12/h2-6,9,13H,7-8,10,16H2,1H3/t13-/m0/s1. The molecule has 1 heterocycles. The molecule has 4 nitrogen and oxygen atoms in total. The van der Waals surface area contributed by atoms with Crippen LogP contribution in [0, 0.1) is 0 Å². The van der Waals surface area contributed by atoms with Crippen LogP contribution < -0.4 is 5.73 Å². The summed E-state index contributed by atoms with van der Waals surface area (Å²) in [6, 6.07) is 9.40. The quantitative estimate of drug-likeness (QED) is 0.856. The van der Waals surface area contributed by atoms with E-state index in [1.807, 2.05) is 30.3 Å². The number of rotatable bonds is 6. The van der Waals surface area contributed by atoms with Gasteiger partial charge in [0.05, 0.1) is 18.2 Å². The van der Waals surface area contributed by atoms with Crippen molar-refractivity contribution >= 4 is 16.7 Å². The molecule has 0 aliphatic rings.